The molecule has 1 aliphatic heterocycles. The van der Waals surface area contributed by atoms with Gasteiger partial charge in [-0.25, -0.2) is 8.42 Å². The van der Waals surface area contributed by atoms with Crippen LogP contribution >= 0.6 is 0 Å². The van der Waals surface area contributed by atoms with Crippen LogP contribution in [0.15, 0.2) is 47.9 Å². The minimum absolute atomic E-state index is 0.0141. The monoisotopic (exact) mass is 295 g/mol. The molecule has 1 atom stereocenters. The summed E-state index contributed by atoms with van der Waals surface area (Å²) < 4.78 is 26.7. The standard InChI is InChI=1S/C15H21NO3S/c1-2-9-15(13-17)10-6-11-16(12-15)20(18,19)14-7-4-3-5-8-14/h2-5,7-8,17H,1,6,9-13H2/t15-/m1/s1. The molecule has 0 spiro atoms. The summed E-state index contributed by atoms with van der Waals surface area (Å²) in [5.41, 5.74) is -0.387. The van der Waals surface area contributed by atoms with Crippen molar-refractivity contribution < 1.29 is 13.5 Å². The third kappa shape index (κ3) is 2.95. The van der Waals surface area contributed by atoms with Crippen LogP contribution in [-0.4, -0.2) is 37.5 Å². The molecule has 5 heteroatoms. The van der Waals surface area contributed by atoms with Gasteiger partial charge in [0.25, 0.3) is 0 Å². The second-order valence-corrected chi connectivity index (χ2v) is 7.34. The summed E-state index contributed by atoms with van der Waals surface area (Å²) in [6, 6.07) is 8.46. The number of aliphatic hydroxyl groups is 1. The SMILES string of the molecule is C=CC[C@@]1(CO)CCCN(S(=O)(=O)c2ccccc2)C1. The van der Waals surface area contributed by atoms with Gasteiger partial charge in [0.2, 0.25) is 10.0 Å². The average molecular weight is 295 g/mol. The summed E-state index contributed by atoms with van der Waals surface area (Å²) >= 11 is 0. The lowest BCUT2D eigenvalue weighted by atomic mass is 9.79. The Morgan fingerprint density at radius 1 is 1.35 bits per heavy atom. The Bertz CT molecular complexity index is 556. The van der Waals surface area contributed by atoms with Gasteiger partial charge in [-0.15, -0.1) is 6.58 Å². The maximum absolute atomic E-state index is 12.6. The molecule has 1 fully saturated rings. The van der Waals surface area contributed by atoms with E-state index in [1.54, 1.807) is 36.4 Å². The number of nitrogens with zero attached hydrogens (tertiary/aromatic N) is 1. The van der Waals surface area contributed by atoms with E-state index in [4.69, 9.17) is 0 Å². The van der Waals surface area contributed by atoms with Crippen molar-refractivity contribution in [2.24, 2.45) is 5.41 Å². The van der Waals surface area contributed by atoms with Crippen LogP contribution in [0, 0.1) is 5.41 Å². The van der Waals surface area contributed by atoms with Crippen molar-refractivity contribution in [1.82, 2.24) is 4.31 Å². The van der Waals surface area contributed by atoms with Crippen LogP contribution in [0.5, 0.6) is 0 Å². The Labute approximate surface area is 120 Å². The van der Waals surface area contributed by atoms with Gasteiger partial charge >= 0.3 is 0 Å². The molecule has 110 valence electrons. The molecule has 4 nitrogen and oxygen atoms in total. The summed E-state index contributed by atoms with van der Waals surface area (Å²) in [4.78, 5) is 0.312. The molecule has 0 unspecified atom stereocenters. The Morgan fingerprint density at radius 2 is 2.05 bits per heavy atom. The third-order valence-electron chi connectivity index (χ3n) is 3.92. The molecule has 0 aromatic heterocycles. The van der Waals surface area contributed by atoms with Gasteiger partial charge in [0.15, 0.2) is 0 Å². The fourth-order valence-corrected chi connectivity index (χ4v) is 4.39. The number of piperidine rings is 1. The number of rotatable bonds is 5. The van der Waals surface area contributed by atoms with Gasteiger partial charge < -0.3 is 5.11 Å². The van der Waals surface area contributed by atoms with Crippen molar-refractivity contribution in [3.63, 3.8) is 0 Å². The Hall–Kier alpha value is -1.17. The molecular formula is C15H21NO3S. The van der Waals surface area contributed by atoms with Crippen LogP contribution in [0.2, 0.25) is 0 Å². The third-order valence-corrected chi connectivity index (χ3v) is 5.78. The van der Waals surface area contributed by atoms with Crippen molar-refractivity contribution in [3.8, 4) is 0 Å². The van der Waals surface area contributed by atoms with E-state index in [0.717, 1.165) is 12.8 Å². The van der Waals surface area contributed by atoms with E-state index >= 15 is 0 Å². The van der Waals surface area contributed by atoms with Gasteiger partial charge in [-0.1, -0.05) is 24.3 Å². The molecule has 0 saturated carbocycles. The number of benzene rings is 1. The van der Waals surface area contributed by atoms with Crippen LogP contribution in [0.3, 0.4) is 0 Å². The van der Waals surface area contributed by atoms with Crippen molar-refractivity contribution in [2.45, 2.75) is 24.2 Å². The van der Waals surface area contributed by atoms with Crippen LogP contribution in [0.25, 0.3) is 0 Å². The maximum Gasteiger partial charge on any atom is 0.243 e. The number of allylic oxidation sites excluding steroid dienone is 1. The fourth-order valence-electron chi connectivity index (χ4n) is 2.78. The maximum atomic E-state index is 12.6. The largest absolute Gasteiger partial charge is 0.396 e. The van der Waals surface area contributed by atoms with Crippen molar-refractivity contribution >= 4 is 10.0 Å². The second kappa shape index (κ2) is 6.08. The Morgan fingerprint density at radius 3 is 2.65 bits per heavy atom. The summed E-state index contributed by atoms with van der Waals surface area (Å²) in [6.07, 6.45) is 3.98. The summed E-state index contributed by atoms with van der Waals surface area (Å²) in [6.45, 7) is 4.56. The number of hydrogen-bond acceptors (Lipinski definition) is 3. The minimum atomic E-state index is -3.47. The van der Waals surface area contributed by atoms with E-state index < -0.39 is 10.0 Å². The van der Waals surface area contributed by atoms with Gasteiger partial charge in [-0.05, 0) is 31.4 Å². The molecule has 0 radical (unpaired) electrons. The highest BCUT2D eigenvalue weighted by atomic mass is 32.2. The molecular weight excluding hydrogens is 274 g/mol. The minimum Gasteiger partial charge on any atom is -0.396 e. The molecule has 1 aliphatic rings. The average Bonchev–Trinajstić information content (AvgIpc) is 2.49. The molecule has 2 rings (SSSR count). The van der Waals surface area contributed by atoms with Crippen LogP contribution in [-0.2, 0) is 10.0 Å². The molecule has 0 amide bonds. The van der Waals surface area contributed by atoms with Crippen LogP contribution in [0.1, 0.15) is 19.3 Å². The van der Waals surface area contributed by atoms with Gasteiger partial charge in [-0.2, -0.15) is 4.31 Å². The second-order valence-electron chi connectivity index (χ2n) is 5.41. The number of hydrogen-bond donors (Lipinski definition) is 1. The highest BCUT2D eigenvalue weighted by Gasteiger charge is 2.38. The zero-order valence-electron chi connectivity index (χ0n) is 11.5. The highest BCUT2D eigenvalue weighted by Crippen LogP contribution is 2.35. The zero-order chi connectivity index (χ0) is 14.6. The lowest BCUT2D eigenvalue weighted by Gasteiger charge is -2.40. The lowest BCUT2D eigenvalue weighted by Crippen LogP contribution is -2.47. The van der Waals surface area contributed by atoms with E-state index in [2.05, 4.69) is 6.58 Å². The first-order chi connectivity index (χ1) is 9.54. The zero-order valence-corrected chi connectivity index (χ0v) is 12.3. The Balaban J connectivity index is 2.27. The predicted molar refractivity (Wildman–Crippen MR) is 78.8 cm³/mol. The molecule has 1 saturated heterocycles. The normalized spacial score (nSPS) is 24.4. The van der Waals surface area contributed by atoms with E-state index in [1.807, 2.05) is 0 Å². The summed E-state index contributed by atoms with van der Waals surface area (Å²) in [7, 11) is -3.47. The molecule has 0 aliphatic carbocycles. The molecule has 0 bridgehead atoms. The molecule has 1 heterocycles. The van der Waals surface area contributed by atoms with Crippen molar-refractivity contribution in [1.29, 1.82) is 0 Å². The topological polar surface area (TPSA) is 57.6 Å². The Kier molecular flexibility index (Phi) is 4.62. The molecule has 1 aromatic rings. The summed E-state index contributed by atoms with van der Waals surface area (Å²) in [5.74, 6) is 0. The number of aliphatic hydroxyl groups excluding tert-OH is 1. The van der Waals surface area contributed by atoms with Gasteiger partial charge in [0.05, 0.1) is 11.5 Å². The van der Waals surface area contributed by atoms with E-state index in [9.17, 15) is 13.5 Å². The smallest absolute Gasteiger partial charge is 0.243 e. The first-order valence-electron chi connectivity index (χ1n) is 6.81. The van der Waals surface area contributed by atoms with E-state index in [1.165, 1.54) is 4.31 Å². The summed E-state index contributed by atoms with van der Waals surface area (Å²) in [5, 5.41) is 9.66. The molecule has 1 N–H and O–H groups in total. The van der Waals surface area contributed by atoms with E-state index in [0.29, 0.717) is 24.4 Å². The first kappa shape index (κ1) is 15.2. The first-order valence-corrected chi connectivity index (χ1v) is 8.25. The highest BCUT2D eigenvalue weighted by molar-refractivity contribution is 7.89. The van der Waals surface area contributed by atoms with Gasteiger partial charge in [0, 0.05) is 18.5 Å². The van der Waals surface area contributed by atoms with Crippen LogP contribution in [0.4, 0.5) is 0 Å². The van der Waals surface area contributed by atoms with Gasteiger partial charge in [-0.3, -0.25) is 0 Å². The number of sulfonamides is 1. The lowest BCUT2D eigenvalue weighted by molar-refractivity contribution is 0.0669. The van der Waals surface area contributed by atoms with Crippen LogP contribution < -0.4 is 0 Å². The molecule has 20 heavy (non-hydrogen) atoms. The van der Waals surface area contributed by atoms with Crippen molar-refractivity contribution in [3.05, 3.63) is 43.0 Å². The van der Waals surface area contributed by atoms with Crippen molar-refractivity contribution in [2.75, 3.05) is 19.7 Å². The van der Waals surface area contributed by atoms with Gasteiger partial charge in [0.1, 0.15) is 0 Å². The fraction of sp³-hybridized carbons (Fsp3) is 0.467. The quantitative estimate of drug-likeness (QED) is 0.846. The molecule has 1 aromatic carbocycles. The predicted octanol–water partition coefficient (Wildman–Crippen LogP) is 2.03. The van der Waals surface area contributed by atoms with E-state index in [-0.39, 0.29) is 12.0 Å².